The van der Waals surface area contributed by atoms with E-state index in [2.05, 4.69) is 30.0 Å². The van der Waals surface area contributed by atoms with Crippen LogP contribution in [0.25, 0.3) is 0 Å². The van der Waals surface area contributed by atoms with Crippen LogP contribution in [0.4, 0.5) is 0 Å². The van der Waals surface area contributed by atoms with Crippen LogP contribution in [0.5, 0.6) is 5.75 Å². The lowest BCUT2D eigenvalue weighted by Crippen LogP contribution is -2.76. The number of piperidine rings is 1. The van der Waals surface area contributed by atoms with E-state index in [4.69, 9.17) is 9.47 Å². The fraction of sp³-hybridized carbons (Fsp3) is 0.708. The molecule has 0 unspecified atom stereocenters. The Kier molecular flexibility index (Phi) is 4.37. The van der Waals surface area contributed by atoms with E-state index < -0.39 is 0 Å². The van der Waals surface area contributed by atoms with Crippen LogP contribution in [0.3, 0.4) is 0 Å². The Morgan fingerprint density at radius 2 is 2.04 bits per heavy atom. The maximum absolute atomic E-state index is 12.9. The first kappa shape index (κ1) is 18.6. The van der Waals surface area contributed by atoms with Gasteiger partial charge >= 0.3 is 0 Å². The molecule has 3 aliphatic carbocycles. The Morgan fingerprint density at radius 1 is 1.21 bits per heavy atom. The van der Waals surface area contributed by atoms with E-state index in [1.54, 1.807) is 7.11 Å². The average molecular weight is 384 g/mol. The maximum atomic E-state index is 12.9. The van der Waals surface area contributed by atoms with Crippen molar-refractivity contribution in [2.24, 2.45) is 11.8 Å². The molecule has 5 rings (SSSR count). The zero-order valence-electron chi connectivity index (χ0n) is 17.5. The molecule has 0 radical (unpaired) electrons. The topological polar surface area (TPSA) is 38.8 Å². The lowest BCUT2D eigenvalue weighted by Gasteiger charge is -2.67. The van der Waals surface area contributed by atoms with E-state index >= 15 is 0 Å². The molecule has 4 atom stereocenters. The second kappa shape index (κ2) is 6.56. The van der Waals surface area contributed by atoms with E-state index in [-0.39, 0.29) is 16.9 Å². The van der Waals surface area contributed by atoms with Crippen molar-refractivity contribution in [2.75, 3.05) is 27.3 Å². The molecule has 1 aromatic carbocycles. The predicted molar refractivity (Wildman–Crippen MR) is 109 cm³/mol. The van der Waals surface area contributed by atoms with E-state index in [0.717, 1.165) is 31.1 Å². The molecule has 4 nitrogen and oxygen atoms in total. The van der Waals surface area contributed by atoms with Crippen LogP contribution in [0, 0.1) is 11.8 Å². The number of hydrogen-bond donors (Lipinski definition) is 0. The van der Waals surface area contributed by atoms with Crippen molar-refractivity contribution in [3.63, 3.8) is 0 Å². The van der Waals surface area contributed by atoms with Gasteiger partial charge in [-0.3, -0.25) is 9.69 Å². The third kappa shape index (κ3) is 2.34. The van der Waals surface area contributed by atoms with Crippen LogP contribution in [-0.2, 0) is 21.4 Å². The second-order valence-corrected chi connectivity index (χ2v) is 9.68. The maximum Gasteiger partial charge on any atom is 0.134 e. The summed E-state index contributed by atoms with van der Waals surface area (Å²) in [6, 6.07) is 6.87. The highest BCUT2D eigenvalue weighted by Crippen LogP contribution is 2.61. The highest BCUT2D eigenvalue weighted by atomic mass is 16.5. The van der Waals surface area contributed by atoms with Gasteiger partial charge in [-0.1, -0.05) is 19.4 Å². The summed E-state index contributed by atoms with van der Waals surface area (Å²) in [5, 5.41) is 0. The molecule has 0 amide bonds. The van der Waals surface area contributed by atoms with Crippen LogP contribution >= 0.6 is 0 Å². The number of carbonyl (C=O) groups excluding carboxylic acids is 1. The lowest BCUT2D eigenvalue weighted by atomic mass is 9.46. The molecule has 0 aromatic heterocycles. The van der Waals surface area contributed by atoms with Crippen LogP contribution in [0.1, 0.15) is 56.6 Å². The molecule has 1 saturated heterocycles. The molecule has 152 valence electrons. The number of ketones is 1. The van der Waals surface area contributed by atoms with Gasteiger partial charge < -0.3 is 9.47 Å². The van der Waals surface area contributed by atoms with Gasteiger partial charge in [-0.25, -0.2) is 0 Å². The summed E-state index contributed by atoms with van der Waals surface area (Å²) in [5.41, 5.74) is 2.19. The Hall–Kier alpha value is -1.39. The fourth-order valence-electron chi connectivity index (χ4n) is 7.20. The number of carbonyl (C=O) groups is 1. The SMILES string of the molecule is COc1ccc2c(c1)[C@]13CCN(CC4CCC4)[C@H](C2)[C@]1(OC)[C@@H](C)CC(=O)C3. The summed E-state index contributed by atoms with van der Waals surface area (Å²) in [6.45, 7) is 4.52. The highest BCUT2D eigenvalue weighted by molar-refractivity contribution is 5.83. The van der Waals surface area contributed by atoms with Gasteiger partial charge in [-0.15, -0.1) is 0 Å². The summed E-state index contributed by atoms with van der Waals surface area (Å²) in [6.07, 6.45) is 7.39. The Balaban J connectivity index is 1.67. The Labute approximate surface area is 168 Å². The predicted octanol–water partition coefficient (Wildman–Crippen LogP) is 3.75. The van der Waals surface area contributed by atoms with Crippen molar-refractivity contribution in [1.82, 2.24) is 4.90 Å². The molecule has 1 aromatic rings. The summed E-state index contributed by atoms with van der Waals surface area (Å²) in [4.78, 5) is 15.6. The molecule has 3 fully saturated rings. The van der Waals surface area contributed by atoms with Crippen molar-refractivity contribution in [2.45, 2.75) is 68.9 Å². The molecule has 4 aliphatic rings. The molecule has 0 N–H and O–H groups in total. The number of hydrogen-bond acceptors (Lipinski definition) is 4. The number of benzene rings is 1. The molecule has 4 heteroatoms. The molecular formula is C24H33NO3. The zero-order chi connectivity index (χ0) is 19.5. The van der Waals surface area contributed by atoms with Crippen LogP contribution in [0.2, 0.25) is 0 Å². The Bertz CT molecular complexity index is 788. The fourth-order valence-corrected chi connectivity index (χ4v) is 7.20. The molecule has 2 saturated carbocycles. The molecule has 0 spiro atoms. The summed E-state index contributed by atoms with van der Waals surface area (Å²) >= 11 is 0. The van der Waals surface area contributed by atoms with Gasteiger partial charge in [0, 0.05) is 38.0 Å². The first-order valence-corrected chi connectivity index (χ1v) is 11.0. The quantitative estimate of drug-likeness (QED) is 0.794. The zero-order valence-corrected chi connectivity index (χ0v) is 17.5. The first-order valence-electron chi connectivity index (χ1n) is 11.0. The molecule has 1 heterocycles. The van der Waals surface area contributed by atoms with Gasteiger partial charge in [0.15, 0.2) is 0 Å². The third-order valence-corrected chi connectivity index (χ3v) is 8.58. The normalized spacial score (nSPS) is 37.8. The van der Waals surface area contributed by atoms with Gasteiger partial charge in [-0.05, 0) is 67.3 Å². The van der Waals surface area contributed by atoms with Gasteiger partial charge in [0.1, 0.15) is 11.5 Å². The molecular weight excluding hydrogens is 350 g/mol. The van der Waals surface area contributed by atoms with Gasteiger partial charge in [0.05, 0.1) is 12.7 Å². The molecule has 1 aliphatic heterocycles. The van der Waals surface area contributed by atoms with Crippen LogP contribution in [0.15, 0.2) is 18.2 Å². The minimum Gasteiger partial charge on any atom is -0.497 e. The minimum absolute atomic E-state index is 0.223. The van der Waals surface area contributed by atoms with E-state index in [1.165, 1.54) is 36.9 Å². The van der Waals surface area contributed by atoms with Crippen molar-refractivity contribution in [1.29, 1.82) is 0 Å². The number of rotatable bonds is 4. The van der Waals surface area contributed by atoms with Gasteiger partial charge in [0.2, 0.25) is 0 Å². The van der Waals surface area contributed by atoms with Crippen molar-refractivity contribution in [3.05, 3.63) is 29.3 Å². The standard InChI is InChI=1S/C24H33NO3/c1-16-11-19(26)14-23-9-10-25(15-17-5-4-6-17)22(24(16,23)28-3)12-18-7-8-20(27-2)13-21(18)23/h7-8,13,16-17,22H,4-6,9-12,14-15H2,1-3H3/t16-,22+,23+,24+/m0/s1. The van der Waals surface area contributed by atoms with E-state index in [0.29, 0.717) is 24.7 Å². The van der Waals surface area contributed by atoms with Gasteiger partial charge in [0.25, 0.3) is 0 Å². The number of nitrogens with zero attached hydrogens (tertiary/aromatic N) is 1. The number of Topliss-reactive ketones (excluding diaryl/α,β-unsaturated/α-hetero) is 1. The number of fused-ring (bicyclic) bond motifs is 1. The summed E-state index contributed by atoms with van der Waals surface area (Å²) in [7, 11) is 3.62. The number of ether oxygens (including phenoxy) is 2. The van der Waals surface area contributed by atoms with Crippen molar-refractivity contribution < 1.29 is 14.3 Å². The van der Waals surface area contributed by atoms with Crippen LogP contribution in [-0.4, -0.2) is 49.6 Å². The molecule has 28 heavy (non-hydrogen) atoms. The van der Waals surface area contributed by atoms with Gasteiger partial charge in [-0.2, -0.15) is 0 Å². The number of methoxy groups -OCH3 is 2. The van der Waals surface area contributed by atoms with Crippen molar-refractivity contribution >= 4 is 5.78 Å². The molecule has 2 bridgehead atoms. The smallest absolute Gasteiger partial charge is 0.134 e. The summed E-state index contributed by atoms with van der Waals surface area (Å²) in [5.74, 6) is 2.35. The Morgan fingerprint density at radius 3 is 2.71 bits per heavy atom. The third-order valence-electron chi connectivity index (χ3n) is 8.58. The van der Waals surface area contributed by atoms with E-state index in [9.17, 15) is 4.79 Å². The van der Waals surface area contributed by atoms with E-state index in [1.807, 2.05) is 7.11 Å². The lowest BCUT2D eigenvalue weighted by molar-refractivity contribution is -0.211. The average Bonchev–Trinajstić information content (AvgIpc) is 2.65. The highest BCUT2D eigenvalue weighted by Gasteiger charge is 2.68. The second-order valence-electron chi connectivity index (χ2n) is 9.68. The van der Waals surface area contributed by atoms with Crippen molar-refractivity contribution in [3.8, 4) is 5.75 Å². The minimum atomic E-state index is -0.289. The van der Waals surface area contributed by atoms with Crippen LogP contribution < -0.4 is 4.74 Å². The monoisotopic (exact) mass is 383 g/mol. The number of likely N-dealkylation sites (tertiary alicyclic amines) is 1. The summed E-state index contributed by atoms with van der Waals surface area (Å²) < 4.78 is 12.1. The first-order chi connectivity index (χ1) is 13.5. The largest absolute Gasteiger partial charge is 0.497 e.